The molecule has 0 unspecified atom stereocenters. The van der Waals surface area contributed by atoms with Gasteiger partial charge in [0.05, 0.1) is 15.6 Å². The molecule has 1 aliphatic heterocycles. The lowest BCUT2D eigenvalue weighted by atomic mass is 10.3. The second-order valence-electron chi connectivity index (χ2n) is 4.22. The van der Waals surface area contributed by atoms with Gasteiger partial charge in [-0.2, -0.15) is 0 Å². The van der Waals surface area contributed by atoms with Crippen LogP contribution in [-0.4, -0.2) is 43.9 Å². The summed E-state index contributed by atoms with van der Waals surface area (Å²) in [6.07, 6.45) is 0. The Morgan fingerprint density at radius 2 is 2.00 bits per heavy atom. The summed E-state index contributed by atoms with van der Waals surface area (Å²) >= 11 is 1.51. The molecule has 0 aromatic carbocycles. The van der Waals surface area contributed by atoms with Crippen molar-refractivity contribution >= 4 is 27.8 Å². The molecule has 88 valence electrons. The van der Waals surface area contributed by atoms with Crippen molar-refractivity contribution in [3.05, 3.63) is 10.9 Å². The molecule has 1 aliphatic rings. The van der Waals surface area contributed by atoms with Gasteiger partial charge in [0, 0.05) is 33.1 Å². The Kier molecular flexibility index (Phi) is 3.16. The zero-order valence-corrected chi connectivity index (χ0v) is 10.5. The van der Waals surface area contributed by atoms with E-state index in [1.807, 2.05) is 6.07 Å². The van der Waals surface area contributed by atoms with Crippen molar-refractivity contribution in [3.63, 3.8) is 0 Å². The average molecular weight is 239 g/mol. The first kappa shape index (κ1) is 11.4. The molecule has 0 atom stereocenters. The summed E-state index contributed by atoms with van der Waals surface area (Å²) in [5.41, 5.74) is 6.45. The van der Waals surface area contributed by atoms with Gasteiger partial charge in [-0.3, -0.25) is 4.79 Å². The maximum absolute atomic E-state index is 11.3. The quantitative estimate of drug-likeness (QED) is 0.790. The summed E-state index contributed by atoms with van der Waals surface area (Å²) in [6, 6.07) is 1.92. The molecule has 0 aliphatic carbocycles. The number of likely N-dealkylation sites (N-methyl/N-ethyl adjacent to an activating group) is 1. The Morgan fingerprint density at radius 1 is 1.38 bits per heavy atom. The molecule has 5 heteroatoms. The summed E-state index contributed by atoms with van der Waals surface area (Å²) in [5, 5.41) is 1.12. The SMILES string of the molecule is CC(=O)c1sc(N2CCN(C)CC2)cc1N. The van der Waals surface area contributed by atoms with E-state index in [1.165, 1.54) is 11.3 Å². The fourth-order valence-corrected chi connectivity index (χ4v) is 2.88. The highest BCUT2D eigenvalue weighted by Gasteiger charge is 2.18. The van der Waals surface area contributed by atoms with E-state index in [0.29, 0.717) is 10.6 Å². The molecule has 2 heterocycles. The minimum atomic E-state index is 0.0582. The highest BCUT2D eigenvalue weighted by atomic mass is 32.1. The number of carbonyl (C=O) groups excluding carboxylic acids is 1. The van der Waals surface area contributed by atoms with E-state index in [-0.39, 0.29) is 5.78 Å². The van der Waals surface area contributed by atoms with Crippen molar-refractivity contribution in [2.45, 2.75) is 6.92 Å². The topological polar surface area (TPSA) is 49.6 Å². The normalized spacial score (nSPS) is 17.8. The molecule has 0 amide bonds. The Labute approximate surface area is 99.6 Å². The lowest BCUT2D eigenvalue weighted by Gasteiger charge is -2.32. The zero-order chi connectivity index (χ0) is 11.7. The molecule has 2 rings (SSSR count). The second kappa shape index (κ2) is 4.43. The first-order chi connectivity index (χ1) is 7.58. The molecule has 1 aromatic heterocycles. The van der Waals surface area contributed by atoms with Crippen molar-refractivity contribution in [2.75, 3.05) is 43.9 Å². The third-order valence-electron chi connectivity index (χ3n) is 2.88. The number of hydrogen-bond acceptors (Lipinski definition) is 5. The summed E-state index contributed by atoms with van der Waals surface area (Å²) in [7, 11) is 2.13. The molecule has 2 N–H and O–H groups in total. The Bertz CT molecular complexity index is 394. The van der Waals surface area contributed by atoms with Crippen LogP contribution >= 0.6 is 11.3 Å². The van der Waals surface area contributed by atoms with Crippen LogP contribution in [0.3, 0.4) is 0 Å². The molecule has 0 saturated carbocycles. The summed E-state index contributed by atoms with van der Waals surface area (Å²) in [5.74, 6) is 0.0582. The van der Waals surface area contributed by atoms with Crippen molar-refractivity contribution in [2.24, 2.45) is 0 Å². The van der Waals surface area contributed by atoms with Gasteiger partial charge < -0.3 is 15.5 Å². The predicted molar refractivity (Wildman–Crippen MR) is 68.4 cm³/mol. The Balaban J connectivity index is 2.15. The number of hydrogen-bond donors (Lipinski definition) is 1. The van der Waals surface area contributed by atoms with E-state index in [1.54, 1.807) is 6.92 Å². The number of piperazine rings is 1. The molecule has 0 spiro atoms. The second-order valence-corrected chi connectivity index (χ2v) is 5.25. The van der Waals surface area contributed by atoms with Crippen LogP contribution in [0.2, 0.25) is 0 Å². The highest BCUT2D eigenvalue weighted by molar-refractivity contribution is 7.18. The number of nitrogens with zero attached hydrogens (tertiary/aromatic N) is 2. The zero-order valence-electron chi connectivity index (χ0n) is 9.69. The van der Waals surface area contributed by atoms with Gasteiger partial charge in [0.2, 0.25) is 0 Å². The van der Waals surface area contributed by atoms with Crippen LogP contribution in [0.4, 0.5) is 10.7 Å². The first-order valence-electron chi connectivity index (χ1n) is 5.41. The van der Waals surface area contributed by atoms with Gasteiger partial charge in [0.1, 0.15) is 0 Å². The molecule has 16 heavy (non-hydrogen) atoms. The van der Waals surface area contributed by atoms with Gasteiger partial charge in [0.15, 0.2) is 5.78 Å². The maximum atomic E-state index is 11.3. The van der Waals surface area contributed by atoms with Gasteiger partial charge in [-0.05, 0) is 13.1 Å². The van der Waals surface area contributed by atoms with E-state index in [4.69, 9.17) is 5.73 Å². The predicted octanol–water partition coefficient (Wildman–Crippen LogP) is 1.28. The number of ketones is 1. The largest absolute Gasteiger partial charge is 0.397 e. The van der Waals surface area contributed by atoms with Crippen LogP contribution in [0.15, 0.2) is 6.07 Å². The van der Waals surface area contributed by atoms with Crippen LogP contribution in [0.5, 0.6) is 0 Å². The third-order valence-corrected chi connectivity index (χ3v) is 4.19. The van der Waals surface area contributed by atoms with E-state index in [9.17, 15) is 4.79 Å². The standard InChI is InChI=1S/C11H17N3OS/c1-8(15)11-9(12)7-10(16-11)14-5-3-13(2)4-6-14/h7H,3-6,12H2,1-2H3. The lowest BCUT2D eigenvalue weighted by molar-refractivity contribution is 0.102. The third kappa shape index (κ3) is 2.20. The molecule has 0 radical (unpaired) electrons. The van der Waals surface area contributed by atoms with Crippen molar-refractivity contribution in [3.8, 4) is 0 Å². The van der Waals surface area contributed by atoms with Crippen LogP contribution in [0.25, 0.3) is 0 Å². The number of carbonyl (C=O) groups is 1. The van der Waals surface area contributed by atoms with Gasteiger partial charge in [-0.15, -0.1) is 11.3 Å². The van der Waals surface area contributed by atoms with Gasteiger partial charge >= 0.3 is 0 Å². The van der Waals surface area contributed by atoms with Crippen LogP contribution in [0.1, 0.15) is 16.6 Å². The molecule has 1 fully saturated rings. The average Bonchev–Trinajstić information content (AvgIpc) is 2.61. The monoisotopic (exact) mass is 239 g/mol. The minimum absolute atomic E-state index is 0.0582. The van der Waals surface area contributed by atoms with E-state index < -0.39 is 0 Å². The number of nitrogens with two attached hydrogens (primary N) is 1. The summed E-state index contributed by atoms with van der Waals surface area (Å²) in [6.45, 7) is 5.71. The van der Waals surface area contributed by atoms with E-state index in [0.717, 1.165) is 31.2 Å². The van der Waals surface area contributed by atoms with Gasteiger partial charge in [-0.1, -0.05) is 0 Å². The van der Waals surface area contributed by atoms with Crippen molar-refractivity contribution < 1.29 is 4.79 Å². The van der Waals surface area contributed by atoms with Crippen molar-refractivity contribution in [1.29, 1.82) is 0 Å². The number of nitrogen functional groups attached to an aromatic ring is 1. The highest BCUT2D eigenvalue weighted by Crippen LogP contribution is 2.32. The smallest absolute Gasteiger partial charge is 0.171 e. The Morgan fingerprint density at radius 3 is 2.50 bits per heavy atom. The van der Waals surface area contributed by atoms with Crippen LogP contribution in [-0.2, 0) is 0 Å². The number of anilines is 2. The Hall–Kier alpha value is -1.07. The minimum Gasteiger partial charge on any atom is -0.397 e. The van der Waals surface area contributed by atoms with E-state index in [2.05, 4.69) is 16.8 Å². The number of thiophene rings is 1. The molecular weight excluding hydrogens is 222 g/mol. The van der Waals surface area contributed by atoms with Gasteiger partial charge in [0.25, 0.3) is 0 Å². The molecular formula is C11H17N3OS. The van der Waals surface area contributed by atoms with Crippen molar-refractivity contribution in [1.82, 2.24) is 4.90 Å². The molecule has 1 aromatic rings. The summed E-state index contributed by atoms with van der Waals surface area (Å²) < 4.78 is 0. The lowest BCUT2D eigenvalue weighted by Crippen LogP contribution is -2.44. The maximum Gasteiger partial charge on any atom is 0.171 e. The molecule has 0 bridgehead atoms. The number of Topliss-reactive ketones (excluding diaryl/α,β-unsaturated/α-hetero) is 1. The van der Waals surface area contributed by atoms with E-state index >= 15 is 0 Å². The fourth-order valence-electron chi connectivity index (χ4n) is 1.85. The fraction of sp³-hybridized carbons (Fsp3) is 0.545. The van der Waals surface area contributed by atoms with Crippen LogP contribution < -0.4 is 10.6 Å². The summed E-state index contributed by atoms with van der Waals surface area (Å²) in [4.78, 5) is 16.6. The molecule has 4 nitrogen and oxygen atoms in total. The van der Waals surface area contributed by atoms with Crippen LogP contribution in [0, 0.1) is 0 Å². The first-order valence-corrected chi connectivity index (χ1v) is 6.23. The number of rotatable bonds is 2. The van der Waals surface area contributed by atoms with Gasteiger partial charge in [-0.25, -0.2) is 0 Å². The molecule has 1 saturated heterocycles.